The molecule has 1 aliphatic heterocycles. The smallest absolute Gasteiger partial charge is 0.338 e. The van der Waals surface area contributed by atoms with Gasteiger partial charge in [0.15, 0.2) is 0 Å². The maximum absolute atomic E-state index is 13.2. The molecular weight excluding hydrogens is 380 g/mol. The van der Waals surface area contributed by atoms with Crippen molar-refractivity contribution < 1.29 is 19.5 Å². The van der Waals surface area contributed by atoms with E-state index in [4.69, 9.17) is 0 Å². The first-order valence-electron chi connectivity index (χ1n) is 9.27. The number of nitrogens with zero attached hydrogens (tertiary/aromatic N) is 2. The van der Waals surface area contributed by atoms with Crippen LogP contribution in [0, 0.1) is 0 Å². The summed E-state index contributed by atoms with van der Waals surface area (Å²) in [5, 5.41) is 10.5. The van der Waals surface area contributed by atoms with Crippen molar-refractivity contribution in [1.82, 2.24) is 4.98 Å². The Morgan fingerprint density at radius 2 is 1.33 bits per heavy atom. The average molecular weight is 394 g/mol. The van der Waals surface area contributed by atoms with Gasteiger partial charge < -0.3 is 5.11 Å². The second-order valence-electron chi connectivity index (χ2n) is 6.86. The second kappa shape index (κ2) is 6.63. The first-order chi connectivity index (χ1) is 14.6. The third kappa shape index (κ3) is 2.51. The summed E-state index contributed by atoms with van der Waals surface area (Å²) in [5.74, 6) is -2.36. The van der Waals surface area contributed by atoms with Gasteiger partial charge in [0.1, 0.15) is 0 Å². The molecule has 30 heavy (non-hydrogen) atoms. The number of para-hydroxylation sites is 1. The minimum Gasteiger partial charge on any atom is -0.478 e. The first-order valence-corrected chi connectivity index (χ1v) is 9.27. The van der Waals surface area contributed by atoms with E-state index in [2.05, 4.69) is 4.98 Å². The largest absolute Gasteiger partial charge is 0.478 e. The van der Waals surface area contributed by atoms with Crippen molar-refractivity contribution in [3.63, 3.8) is 0 Å². The summed E-state index contributed by atoms with van der Waals surface area (Å²) in [6.07, 6.45) is 0. The maximum Gasteiger partial charge on any atom is 0.338 e. The number of aromatic nitrogens is 1. The van der Waals surface area contributed by atoms with Gasteiger partial charge in [0, 0.05) is 10.9 Å². The monoisotopic (exact) mass is 394 g/mol. The normalized spacial score (nSPS) is 13.0. The fourth-order valence-corrected chi connectivity index (χ4v) is 3.83. The summed E-state index contributed by atoms with van der Waals surface area (Å²) >= 11 is 0. The number of anilines is 1. The predicted molar refractivity (Wildman–Crippen MR) is 112 cm³/mol. The summed E-state index contributed by atoms with van der Waals surface area (Å²) in [4.78, 5) is 44.4. The summed E-state index contributed by atoms with van der Waals surface area (Å²) in [5.41, 5.74) is 1.68. The lowest BCUT2D eigenvalue weighted by molar-refractivity contribution is 0.0700. The van der Waals surface area contributed by atoms with Crippen molar-refractivity contribution in [3.05, 3.63) is 95.6 Å². The maximum atomic E-state index is 13.2. The number of fused-ring (bicyclic) bond motifs is 2. The number of carboxylic acid groups (broad SMARTS) is 1. The Morgan fingerprint density at radius 1 is 0.767 bits per heavy atom. The van der Waals surface area contributed by atoms with Gasteiger partial charge in [-0.2, -0.15) is 0 Å². The number of hydrogen-bond donors (Lipinski definition) is 1. The molecule has 6 nitrogen and oxygen atoms in total. The number of benzene rings is 3. The fraction of sp³-hybridized carbons (Fsp3) is 0. The number of aromatic carboxylic acids is 1. The summed E-state index contributed by atoms with van der Waals surface area (Å²) in [6.45, 7) is 0. The van der Waals surface area contributed by atoms with Crippen LogP contribution in [0.25, 0.3) is 22.2 Å². The van der Waals surface area contributed by atoms with Crippen LogP contribution >= 0.6 is 0 Å². The number of carbonyl (C=O) groups excluding carboxylic acids is 2. The van der Waals surface area contributed by atoms with Crippen molar-refractivity contribution in [2.45, 2.75) is 0 Å². The number of carboxylic acids is 1. The summed E-state index contributed by atoms with van der Waals surface area (Å²) in [7, 11) is 0. The highest BCUT2D eigenvalue weighted by Crippen LogP contribution is 2.40. The lowest BCUT2D eigenvalue weighted by atomic mass is 10.00. The van der Waals surface area contributed by atoms with Gasteiger partial charge in [0.05, 0.1) is 33.6 Å². The second-order valence-corrected chi connectivity index (χ2v) is 6.86. The zero-order valence-electron chi connectivity index (χ0n) is 15.6. The molecule has 5 rings (SSSR count). The van der Waals surface area contributed by atoms with Crippen molar-refractivity contribution in [2.24, 2.45) is 0 Å². The molecule has 1 N–H and O–H groups in total. The molecular formula is C24H14N2O4. The fourth-order valence-electron chi connectivity index (χ4n) is 3.83. The van der Waals surface area contributed by atoms with Gasteiger partial charge in [-0.1, -0.05) is 60.7 Å². The van der Waals surface area contributed by atoms with E-state index in [0.29, 0.717) is 16.5 Å². The van der Waals surface area contributed by atoms with Crippen LogP contribution in [0.15, 0.2) is 78.9 Å². The average Bonchev–Trinajstić information content (AvgIpc) is 3.03. The third-order valence-electron chi connectivity index (χ3n) is 5.15. The van der Waals surface area contributed by atoms with E-state index in [0.717, 1.165) is 4.90 Å². The highest BCUT2D eigenvalue weighted by molar-refractivity contribution is 6.36. The van der Waals surface area contributed by atoms with Gasteiger partial charge in [-0.15, -0.1) is 0 Å². The first kappa shape index (κ1) is 17.8. The number of hydrogen-bond acceptors (Lipinski definition) is 4. The van der Waals surface area contributed by atoms with Gasteiger partial charge >= 0.3 is 5.97 Å². The van der Waals surface area contributed by atoms with Crippen LogP contribution in [0.1, 0.15) is 31.1 Å². The van der Waals surface area contributed by atoms with Crippen LogP contribution in [-0.2, 0) is 0 Å². The number of pyridine rings is 1. The van der Waals surface area contributed by atoms with E-state index in [1.807, 2.05) is 6.07 Å². The van der Waals surface area contributed by atoms with E-state index in [1.165, 1.54) is 0 Å². The van der Waals surface area contributed by atoms with E-state index >= 15 is 0 Å². The van der Waals surface area contributed by atoms with E-state index in [1.54, 1.807) is 72.8 Å². The predicted octanol–water partition coefficient (Wildman–Crippen LogP) is 4.40. The molecule has 2 heterocycles. The SMILES string of the molecule is O=C(O)c1c(N2C(=O)c3ccccc3C2=O)c(-c2ccccc2)nc2ccccc12. The van der Waals surface area contributed by atoms with Gasteiger partial charge in [-0.05, 0) is 18.2 Å². The Morgan fingerprint density at radius 3 is 1.97 bits per heavy atom. The molecule has 0 unspecified atom stereocenters. The third-order valence-corrected chi connectivity index (χ3v) is 5.15. The van der Waals surface area contributed by atoms with Crippen molar-refractivity contribution >= 4 is 34.4 Å². The van der Waals surface area contributed by atoms with Gasteiger partial charge in [0.2, 0.25) is 0 Å². The molecule has 0 saturated heterocycles. The molecule has 0 bridgehead atoms. The Hall–Kier alpha value is -4.32. The molecule has 0 fully saturated rings. The topological polar surface area (TPSA) is 87.6 Å². The molecule has 0 saturated carbocycles. The van der Waals surface area contributed by atoms with E-state index < -0.39 is 17.8 Å². The zero-order chi connectivity index (χ0) is 20.8. The van der Waals surface area contributed by atoms with Crippen LogP contribution in [0.4, 0.5) is 5.69 Å². The van der Waals surface area contributed by atoms with Gasteiger partial charge in [0.25, 0.3) is 11.8 Å². The number of amides is 2. The molecule has 6 heteroatoms. The van der Waals surface area contributed by atoms with Crippen molar-refractivity contribution in [2.75, 3.05) is 4.90 Å². The van der Waals surface area contributed by atoms with Crippen LogP contribution < -0.4 is 4.90 Å². The lowest BCUT2D eigenvalue weighted by Gasteiger charge is -2.21. The molecule has 2 amide bonds. The molecule has 0 atom stereocenters. The van der Waals surface area contributed by atoms with Gasteiger partial charge in [-0.25, -0.2) is 14.7 Å². The molecule has 4 aromatic rings. The summed E-state index contributed by atoms with van der Waals surface area (Å²) < 4.78 is 0. The van der Waals surface area contributed by atoms with Crippen LogP contribution in [0.5, 0.6) is 0 Å². The standard InChI is InChI=1S/C24H14N2O4/c27-22-15-10-4-5-11-16(15)23(28)26(22)21-19(24(29)30)17-12-6-7-13-18(17)25-20(21)14-8-2-1-3-9-14/h1-13H,(H,29,30). The molecule has 0 aliphatic carbocycles. The highest BCUT2D eigenvalue weighted by Gasteiger charge is 2.40. The van der Waals surface area contributed by atoms with Crippen LogP contribution in [0.2, 0.25) is 0 Å². The number of carbonyl (C=O) groups is 3. The summed E-state index contributed by atoms with van der Waals surface area (Å²) in [6, 6.07) is 22.2. The van der Waals surface area contributed by atoms with Crippen LogP contribution in [0.3, 0.4) is 0 Å². The Labute approximate surface area is 171 Å². The molecule has 1 aromatic heterocycles. The quantitative estimate of drug-likeness (QED) is 0.521. The highest BCUT2D eigenvalue weighted by atomic mass is 16.4. The molecule has 0 spiro atoms. The molecule has 144 valence electrons. The molecule has 3 aromatic carbocycles. The number of rotatable bonds is 3. The van der Waals surface area contributed by atoms with Crippen LogP contribution in [-0.4, -0.2) is 27.9 Å². The minimum atomic E-state index is -1.24. The van der Waals surface area contributed by atoms with Gasteiger partial charge in [-0.3, -0.25) is 9.59 Å². The molecule has 0 radical (unpaired) electrons. The lowest BCUT2D eigenvalue weighted by Crippen LogP contribution is -2.32. The minimum absolute atomic E-state index is 0.0152. The van der Waals surface area contributed by atoms with E-state index in [9.17, 15) is 19.5 Å². The Balaban J connectivity index is 1.90. The molecule has 1 aliphatic rings. The number of imide groups is 1. The van der Waals surface area contributed by atoms with E-state index in [-0.39, 0.29) is 28.1 Å². The Kier molecular flexibility index (Phi) is 3.93. The zero-order valence-corrected chi connectivity index (χ0v) is 15.6. The van der Waals surface area contributed by atoms with Crippen molar-refractivity contribution in [1.29, 1.82) is 0 Å². The van der Waals surface area contributed by atoms with Crippen molar-refractivity contribution in [3.8, 4) is 11.3 Å². The Bertz CT molecular complexity index is 1330.